The lowest BCUT2D eigenvalue weighted by molar-refractivity contribution is -0.138. The van der Waals surface area contributed by atoms with Gasteiger partial charge < -0.3 is 9.84 Å². The SMILES string of the molecule is O=C(O)CCOc1cnn(-c2cccc(C(F)(F)F)c2)c1. The van der Waals surface area contributed by atoms with E-state index in [4.69, 9.17) is 9.84 Å². The molecule has 0 spiro atoms. The van der Waals surface area contributed by atoms with Crippen LogP contribution >= 0.6 is 0 Å². The Labute approximate surface area is 117 Å². The maximum Gasteiger partial charge on any atom is 0.416 e. The third-order valence-electron chi connectivity index (χ3n) is 2.58. The highest BCUT2D eigenvalue weighted by Gasteiger charge is 2.30. The predicted octanol–water partition coefficient (Wildman–Crippen LogP) is 2.74. The quantitative estimate of drug-likeness (QED) is 0.922. The Morgan fingerprint density at radius 1 is 1.38 bits per heavy atom. The number of halogens is 3. The van der Waals surface area contributed by atoms with Gasteiger partial charge >= 0.3 is 12.1 Å². The van der Waals surface area contributed by atoms with E-state index in [1.54, 1.807) is 0 Å². The Kier molecular flexibility index (Phi) is 4.15. The molecule has 0 atom stereocenters. The number of nitrogens with zero attached hydrogens (tertiary/aromatic N) is 2. The van der Waals surface area contributed by atoms with E-state index in [1.807, 2.05) is 0 Å². The number of aromatic nitrogens is 2. The predicted molar refractivity (Wildman–Crippen MR) is 66.3 cm³/mol. The third-order valence-corrected chi connectivity index (χ3v) is 2.58. The fourth-order valence-corrected chi connectivity index (χ4v) is 1.60. The van der Waals surface area contributed by atoms with Crippen molar-refractivity contribution in [3.8, 4) is 11.4 Å². The van der Waals surface area contributed by atoms with Crippen molar-refractivity contribution in [3.63, 3.8) is 0 Å². The zero-order valence-corrected chi connectivity index (χ0v) is 10.7. The molecule has 112 valence electrons. The van der Waals surface area contributed by atoms with Gasteiger partial charge in [0.2, 0.25) is 0 Å². The normalized spacial score (nSPS) is 11.4. The number of ether oxygens (including phenoxy) is 1. The summed E-state index contributed by atoms with van der Waals surface area (Å²) in [4.78, 5) is 10.3. The van der Waals surface area contributed by atoms with Crippen LogP contribution in [0.3, 0.4) is 0 Å². The van der Waals surface area contributed by atoms with Crippen molar-refractivity contribution in [2.75, 3.05) is 6.61 Å². The molecule has 0 aliphatic carbocycles. The number of benzene rings is 1. The van der Waals surface area contributed by atoms with Crippen molar-refractivity contribution >= 4 is 5.97 Å². The van der Waals surface area contributed by atoms with E-state index in [0.717, 1.165) is 12.1 Å². The van der Waals surface area contributed by atoms with E-state index in [-0.39, 0.29) is 24.5 Å². The van der Waals surface area contributed by atoms with E-state index in [2.05, 4.69) is 5.10 Å². The maximum absolute atomic E-state index is 12.6. The van der Waals surface area contributed by atoms with E-state index >= 15 is 0 Å². The zero-order chi connectivity index (χ0) is 15.5. The van der Waals surface area contributed by atoms with Gasteiger partial charge in [-0.1, -0.05) is 6.07 Å². The lowest BCUT2D eigenvalue weighted by atomic mass is 10.2. The fraction of sp³-hybridized carbons (Fsp3) is 0.231. The minimum Gasteiger partial charge on any atom is -0.490 e. The van der Waals surface area contributed by atoms with E-state index in [9.17, 15) is 18.0 Å². The average molecular weight is 300 g/mol. The second-order valence-corrected chi connectivity index (χ2v) is 4.16. The van der Waals surface area contributed by atoms with Crippen LogP contribution in [0.2, 0.25) is 0 Å². The topological polar surface area (TPSA) is 64.3 Å². The van der Waals surface area contributed by atoms with Crippen LogP contribution < -0.4 is 4.74 Å². The molecule has 0 amide bonds. The Morgan fingerprint density at radius 3 is 2.81 bits per heavy atom. The molecule has 5 nitrogen and oxygen atoms in total. The molecule has 1 heterocycles. The standard InChI is InChI=1S/C13H11F3N2O3/c14-13(15,16)9-2-1-3-10(6-9)18-8-11(7-17-18)21-5-4-12(19)20/h1-3,6-8H,4-5H2,(H,19,20). The number of carboxylic acid groups (broad SMARTS) is 1. The van der Waals surface area contributed by atoms with Gasteiger partial charge in [-0.3, -0.25) is 4.79 Å². The van der Waals surface area contributed by atoms with Crippen molar-refractivity contribution in [2.24, 2.45) is 0 Å². The number of aliphatic carboxylic acids is 1. The highest BCUT2D eigenvalue weighted by Crippen LogP contribution is 2.30. The van der Waals surface area contributed by atoms with Gasteiger partial charge in [-0.2, -0.15) is 18.3 Å². The number of rotatable bonds is 5. The van der Waals surface area contributed by atoms with Crippen molar-refractivity contribution in [3.05, 3.63) is 42.2 Å². The lowest BCUT2D eigenvalue weighted by Crippen LogP contribution is -2.06. The summed E-state index contributed by atoms with van der Waals surface area (Å²) in [7, 11) is 0. The van der Waals surface area contributed by atoms with Gasteiger partial charge in [-0.05, 0) is 18.2 Å². The van der Waals surface area contributed by atoms with Crippen LogP contribution in [0.4, 0.5) is 13.2 Å². The second kappa shape index (κ2) is 5.86. The number of hydrogen-bond acceptors (Lipinski definition) is 3. The van der Waals surface area contributed by atoms with E-state index in [1.165, 1.54) is 29.2 Å². The molecule has 2 aromatic rings. The van der Waals surface area contributed by atoms with Gasteiger partial charge in [0.15, 0.2) is 5.75 Å². The van der Waals surface area contributed by atoms with Gasteiger partial charge in [0.25, 0.3) is 0 Å². The summed E-state index contributed by atoms with van der Waals surface area (Å²) in [6.45, 7) is -0.0381. The highest BCUT2D eigenvalue weighted by atomic mass is 19.4. The summed E-state index contributed by atoms with van der Waals surface area (Å²) in [6, 6.07) is 4.69. The molecule has 0 aliphatic rings. The largest absolute Gasteiger partial charge is 0.490 e. The second-order valence-electron chi connectivity index (χ2n) is 4.16. The smallest absolute Gasteiger partial charge is 0.416 e. The van der Waals surface area contributed by atoms with Crippen LogP contribution in [0.25, 0.3) is 5.69 Å². The van der Waals surface area contributed by atoms with Gasteiger partial charge in [0, 0.05) is 0 Å². The van der Waals surface area contributed by atoms with Crippen LogP contribution in [-0.4, -0.2) is 27.5 Å². The molecular weight excluding hydrogens is 289 g/mol. The fourth-order valence-electron chi connectivity index (χ4n) is 1.60. The molecule has 1 aromatic heterocycles. The summed E-state index contributed by atoms with van der Waals surface area (Å²) in [6.07, 6.45) is -1.90. The zero-order valence-electron chi connectivity index (χ0n) is 10.7. The molecule has 0 saturated heterocycles. The molecule has 0 unspecified atom stereocenters. The van der Waals surface area contributed by atoms with Crippen LogP contribution in [0, 0.1) is 0 Å². The molecule has 1 N–H and O–H groups in total. The summed E-state index contributed by atoms with van der Waals surface area (Å²) in [5.74, 6) is -0.714. The summed E-state index contributed by atoms with van der Waals surface area (Å²) < 4.78 is 44.2. The molecule has 21 heavy (non-hydrogen) atoms. The van der Waals surface area contributed by atoms with Gasteiger partial charge in [0.05, 0.1) is 36.7 Å². The molecular formula is C13H11F3N2O3. The first-order chi connectivity index (χ1) is 9.86. The molecule has 1 aromatic carbocycles. The summed E-state index contributed by atoms with van der Waals surface area (Å²) >= 11 is 0. The minimum atomic E-state index is -4.43. The number of alkyl halides is 3. The molecule has 0 fully saturated rings. The minimum absolute atomic E-state index is 0.0381. The Hall–Kier alpha value is -2.51. The van der Waals surface area contributed by atoms with Gasteiger partial charge in [0.1, 0.15) is 0 Å². The highest BCUT2D eigenvalue weighted by molar-refractivity contribution is 5.66. The molecule has 2 rings (SSSR count). The monoisotopic (exact) mass is 300 g/mol. The summed E-state index contributed by atoms with van der Waals surface area (Å²) in [5, 5.41) is 12.4. The Bertz CT molecular complexity index is 638. The third kappa shape index (κ3) is 3.98. The molecule has 0 saturated carbocycles. The van der Waals surface area contributed by atoms with Gasteiger partial charge in [-0.25, -0.2) is 4.68 Å². The summed E-state index contributed by atoms with van der Waals surface area (Å²) in [5.41, 5.74) is -0.540. The van der Waals surface area contributed by atoms with Crippen molar-refractivity contribution < 1.29 is 27.8 Å². The molecule has 0 aliphatic heterocycles. The van der Waals surface area contributed by atoms with Crippen LogP contribution in [0.15, 0.2) is 36.7 Å². The first kappa shape index (κ1) is 14.9. The first-order valence-electron chi connectivity index (χ1n) is 5.93. The molecule has 0 bridgehead atoms. The van der Waals surface area contributed by atoms with Crippen LogP contribution in [-0.2, 0) is 11.0 Å². The molecule has 0 radical (unpaired) electrons. The lowest BCUT2D eigenvalue weighted by Gasteiger charge is -2.08. The van der Waals surface area contributed by atoms with Crippen molar-refractivity contribution in [1.82, 2.24) is 9.78 Å². The number of carboxylic acids is 1. The maximum atomic E-state index is 12.6. The molecule has 8 heteroatoms. The van der Waals surface area contributed by atoms with Crippen LogP contribution in [0.5, 0.6) is 5.75 Å². The number of hydrogen-bond donors (Lipinski definition) is 1. The average Bonchev–Trinajstić information content (AvgIpc) is 2.86. The Morgan fingerprint density at radius 2 is 2.14 bits per heavy atom. The Balaban J connectivity index is 2.12. The first-order valence-corrected chi connectivity index (χ1v) is 5.93. The van der Waals surface area contributed by atoms with E-state index in [0.29, 0.717) is 0 Å². The van der Waals surface area contributed by atoms with E-state index < -0.39 is 17.7 Å². The number of carbonyl (C=O) groups is 1. The van der Waals surface area contributed by atoms with Crippen molar-refractivity contribution in [1.29, 1.82) is 0 Å². The van der Waals surface area contributed by atoms with Gasteiger partial charge in [-0.15, -0.1) is 0 Å². The van der Waals surface area contributed by atoms with Crippen molar-refractivity contribution in [2.45, 2.75) is 12.6 Å². The van der Waals surface area contributed by atoms with Crippen LogP contribution in [0.1, 0.15) is 12.0 Å².